The number of halogens is 1. The maximum atomic E-state index is 12.3. The van der Waals surface area contributed by atoms with Crippen LogP contribution < -0.4 is 14.8 Å². The van der Waals surface area contributed by atoms with E-state index in [1.54, 1.807) is 20.3 Å². The van der Waals surface area contributed by atoms with E-state index in [0.717, 1.165) is 26.9 Å². The van der Waals surface area contributed by atoms with Crippen molar-refractivity contribution in [1.29, 1.82) is 0 Å². The maximum absolute atomic E-state index is 12.3. The van der Waals surface area contributed by atoms with E-state index in [1.807, 2.05) is 32.0 Å². The molecule has 1 amide bonds. The summed E-state index contributed by atoms with van der Waals surface area (Å²) >= 11 is 3.47. The van der Waals surface area contributed by atoms with Gasteiger partial charge in [-0.25, -0.2) is 0 Å². The third-order valence-electron chi connectivity index (χ3n) is 3.41. The van der Waals surface area contributed by atoms with Crippen molar-refractivity contribution in [2.45, 2.75) is 20.3 Å². The molecule has 0 aliphatic carbocycles. The van der Waals surface area contributed by atoms with Crippen LogP contribution >= 0.6 is 15.9 Å². The lowest BCUT2D eigenvalue weighted by atomic mass is 10.1. The summed E-state index contributed by atoms with van der Waals surface area (Å²) in [5.74, 6) is 1.14. The Bertz CT molecular complexity index is 708. The van der Waals surface area contributed by atoms with Crippen LogP contribution in [-0.4, -0.2) is 20.1 Å². The van der Waals surface area contributed by atoms with Gasteiger partial charge in [0.25, 0.3) is 0 Å². The molecule has 0 saturated carbocycles. The van der Waals surface area contributed by atoms with Crippen molar-refractivity contribution in [2.75, 3.05) is 19.5 Å². The number of rotatable bonds is 5. The van der Waals surface area contributed by atoms with Crippen LogP contribution in [0.2, 0.25) is 0 Å². The molecule has 122 valence electrons. The molecular formula is C18H20BrNO3. The molecule has 0 unspecified atom stereocenters. The van der Waals surface area contributed by atoms with E-state index >= 15 is 0 Å². The number of hydrogen-bond donors (Lipinski definition) is 1. The van der Waals surface area contributed by atoms with Gasteiger partial charge in [0.2, 0.25) is 5.91 Å². The minimum Gasteiger partial charge on any atom is -0.493 e. The Balaban J connectivity index is 2.16. The largest absolute Gasteiger partial charge is 0.493 e. The summed E-state index contributed by atoms with van der Waals surface area (Å²) in [6.07, 6.45) is 0.244. The molecule has 2 aromatic carbocycles. The van der Waals surface area contributed by atoms with Gasteiger partial charge >= 0.3 is 0 Å². The highest BCUT2D eigenvalue weighted by Gasteiger charge is 2.13. The third-order valence-corrected chi connectivity index (χ3v) is 4.15. The fourth-order valence-corrected chi connectivity index (χ4v) is 2.92. The summed E-state index contributed by atoms with van der Waals surface area (Å²) in [6, 6.07) is 9.59. The predicted octanol–water partition coefficient (Wildman–Crippen LogP) is 4.26. The van der Waals surface area contributed by atoms with Crippen molar-refractivity contribution in [2.24, 2.45) is 0 Å². The van der Waals surface area contributed by atoms with E-state index in [1.165, 1.54) is 0 Å². The number of hydrogen-bond acceptors (Lipinski definition) is 3. The van der Waals surface area contributed by atoms with Crippen molar-refractivity contribution < 1.29 is 14.3 Å². The summed E-state index contributed by atoms with van der Waals surface area (Å²) in [7, 11) is 3.15. The van der Waals surface area contributed by atoms with Crippen LogP contribution in [0.5, 0.6) is 11.5 Å². The molecule has 0 saturated heterocycles. The first-order valence-corrected chi connectivity index (χ1v) is 8.00. The Morgan fingerprint density at radius 3 is 2.13 bits per heavy atom. The number of anilines is 1. The van der Waals surface area contributed by atoms with Gasteiger partial charge in [0.05, 0.1) is 20.6 Å². The Morgan fingerprint density at radius 1 is 1.00 bits per heavy atom. The second-order valence-corrected chi connectivity index (χ2v) is 6.25. The van der Waals surface area contributed by atoms with E-state index in [2.05, 4.69) is 27.3 Å². The van der Waals surface area contributed by atoms with Crippen LogP contribution in [0.3, 0.4) is 0 Å². The minimum absolute atomic E-state index is 0.0806. The second-order valence-electron chi connectivity index (χ2n) is 5.40. The van der Waals surface area contributed by atoms with Gasteiger partial charge in [0, 0.05) is 10.2 Å². The molecule has 0 heterocycles. The van der Waals surface area contributed by atoms with Crippen LogP contribution in [-0.2, 0) is 11.2 Å². The normalized spacial score (nSPS) is 10.3. The highest BCUT2D eigenvalue weighted by atomic mass is 79.9. The van der Waals surface area contributed by atoms with E-state index in [4.69, 9.17) is 9.47 Å². The van der Waals surface area contributed by atoms with E-state index in [9.17, 15) is 4.79 Å². The number of ether oxygens (including phenoxy) is 2. The van der Waals surface area contributed by atoms with Crippen molar-refractivity contribution in [1.82, 2.24) is 0 Å². The lowest BCUT2D eigenvalue weighted by molar-refractivity contribution is -0.115. The van der Waals surface area contributed by atoms with Crippen molar-refractivity contribution in [3.8, 4) is 11.5 Å². The van der Waals surface area contributed by atoms with Crippen LogP contribution in [0, 0.1) is 13.8 Å². The number of methoxy groups -OCH3 is 2. The number of benzene rings is 2. The van der Waals surface area contributed by atoms with Crippen LogP contribution in [0.1, 0.15) is 16.7 Å². The standard InChI is InChI=1S/C18H20BrNO3/c1-11-5-12(2)7-14(6-11)20-18(21)9-13-8-16(22-3)17(23-4)10-15(13)19/h5-8,10H,9H2,1-4H3,(H,20,21). The summed E-state index contributed by atoms with van der Waals surface area (Å²) in [4.78, 5) is 12.3. The first kappa shape index (κ1) is 17.3. The average Bonchev–Trinajstić information content (AvgIpc) is 2.47. The van der Waals surface area contributed by atoms with Crippen LogP contribution in [0.15, 0.2) is 34.8 Å². The van der Waals surface area contributed by atoms with Gasteiger partial charge in [-0.15, -0.1) is 0 Å². The molecule has 5 heteroatoms. The summed E-state index contributed by atoms with van der Waals surface area (Å²) in [5.41, 5.74) is 3.88. The molecule has 0 atom stereocenters. The zero-order valence-electron chi connectivity index (χ0n) is 13.7. The monoisotopic (exact) mass is 377 g/mol. The SMILES string of the molecule is COc1cc(Br)c(CC(=O)Nc2cc(C)cc(C)c2)cc1OC. The molecule has 0 spiro atoms. The Labute approximate surface area is 144 Å². The lowest BCUT2D eigenvalue weighted by Gasteiger charge is -2.12. The molecule has 0 fully saturated rings. The quantitative estimate of drug-likeness (QED) is 0.846. The van der Waals surface area contributed by atoms with E-state index < -0.39 is 0 Å². The molecule has 0 radical (unpaired) electrons. The third kappa shape index (κ3) is 4.48. The number of carbonyl (C=O) groups excluding carboxylic acids is 1. The minimum atomic E-state index is -0.0806. The summed E-state index contributed by atoms with van der Waals surface area (Å²) < 4.78 is 11.3. The Hall–Kier alpha value is -2.01. The molecule has 0 aromatic heterocycles. The predicted molar refractivity (Wildman–Crippen MR) is 95.5 cm³/mol. The van der Waals surface area contributed by atoms with Crippen LogP contribution in [0.4, 0.5) is 5.69 Å². The number of aryl methyl sites for hydroxylation is 2. The fraction of sp³-hybridized carbons (Fsp3) is 0.278. The zero-order chi connectivity index (χ0) is 17.0. The van der Waals surface area contributed by atoms with Crippen LogP contribution in [0.25, 0.3) is 0 Å². The smallest absolute Gasteiger partial charge is 0.228 e. The van der Waals surface area contributed by atoms with Crippen molar-refractivity contribution in [3.05, 3.63) is 51.5 Å². The molecule has 0 bridgehead atoms. The van der Waals surface area contributed by atoms with Gasteiger partial charge in [-0.2, -0.15) is 0 Å². The number of carbonyl (C=O) groups is 1. The average molecular weight is 378 g/mol. The van der Waals surface area contributed by atoms with Gasteiger partial charge in [-0.1, -0.05) is 22.0 Å². The number of nitrogens with one attached hydrogen (secondary N) is 1. The zero-order valence-corrected chi connectivity index (χ0v) is 15.3. The van der Waals surface area contributed by atoms with Gasteiger partial charge < -0.3 is 14.8 Å². The maximum Gasteiger partial charge on any atom is 0.228 e. The Kier molecular flexibility index (Phi) is 5.66. The summed E-state index contributed by atoms with van der Waals surface area (Å²) in [6.45, 7) is 4.02. The first-order valence-electron chi connectivity index (χ1n) is 7.21. The fourth-order valence-electron chi connectivity index (χ4n) is 2.46. The van der Waals surface area contributed by atoms with E-state index in [0.29, 0.717) is 11.5 Å². The lowest BCUT2D eigenvalue weighted by Crippen LogP contribution is -2.15. The molecule has 23 heavy (non-hydrogen) atoms. The molecule has 2 rings (SSSR count). The van der Waals surface area contributed by atoms with Gasteiger partial charge in [0.15, 0.2) is 11.5 Å². The molecular weight excluding hydrogens is 358 g/mol. The first-order chi connectivity index (χ1) is 10.9. The van der Waals surface area contributed by atoms with Gasteiger partial charge in [-0.3, -0.25) is 4.79 Å². The van der Waals surface area contributed by atoms with Crippen molar-refractivity contribution in [3.63, 3.8) is 0 Å². The summed E-state index contributed by atoms with van der Waals surface area (Å²) in [5, 5.41) is 2.93. The molecule has 1 N–H and O–H groups in total. The molecule has 4 nitrogen and oxygen atoms in total. The Morgan fingerprint density at radius 2 is 1.57 bits per heavy atom. The van der Waals surface area contributed by atoms with Gasteiger partial charge in [-0.05, 0) is 54.8 Å². The topological polar surface area (TPSA) is 47.6 Å². The molecule has 0 aliphatic heterocycles. The van der Waals surface area contributed by atoms with Gasteiger partial charge in [0.1, 0.15) is 0 Å². The number of amides is 1. The molecule has 0 aliphatic rings. The highest BCUT2D eigenvalue weighted by Crippen LogP contribution is 2.33. The molecule has 2 aromatic rings. The highest BCUT2D eigenvalue weighted by molar-refractivity contribution is 9.10. The van der Waals surface area contributed by atoms with E-state index in [-0.39, 0.29) is 12.3 Å². The second kappa shape index (κ2) is 7.51. The van der Waals surface area contributed by atoms with Crippen molar-refractivity contribution >= 4 is 27.5 Å².